The molecule has 2 fully saturated rings. The van der Waals surface area contributed by atoms with Crippen LogP contribution in [0.3, 0.4) is 0 Å². The third-order valence-electron chi connectivity index (χ3n) is 5.09. The zero-order valence-electron chi connectivity index (χ0n) is 14.6. The highest BCUT2D eigenvalue weighted by Crippen LogP contribution is 2.42. The van der Waals surface area contributed by atoms with Crippen LogP contribution in [0.5, 0.6) is 0 Å². The zero-order valence-corrected chi connectivity index (χ0v) is 14.6. The van der Waals surface area contributed by atoms with Crippen molar-refractivity contribution in [3.63, 3.8) is 0 Å². The monoisotopic (exact) mass is 341 g/mol. The van der Waals surface area contributed by atoms with Crippen molar-refractivity contribution in [2.75, 3.05) is 0 Å². The molecule has 3 atom stereocenters. The van der Waals surface area contributed by atoms with Crippen LogP contribution in [0.1, 0.15) is 51.3 Å². The predicted octanol–water partition coefficient (Wildman–Crippen LogP) is 2.96. The summed E-state index contributed by atoms with van der Waals surface area (Å²) in [5.74, 6) is 1.48. The molecule has 1 N–H and O–H groups in total. The van der Waals surface area contributed by atoms with E-state index >= 15 is 0 Å². The van der Waals surface area contributed by atoms with Gasteiger partial charge in [-0.2, -0.15) is 4.98 Å². The summed E-state index contributed by atoms with van der Waals surface area (Å²) in [5.41, 5.74) is 0.856. The summed E-state index contributed by atoms with van der Waals surface area (Å²) in [7, 11) is 0. The van der Waals surface area contributed by atoms with Crippen molar-refractivity contribution in [3.8, 4) is 11.4 Å². The van der Waals surface area contributed by atoms with Gasteiger partial charge in [-0.1, -0.05) is 5.16 Å². The maximum absolute atomic E-state index is 12.5. The first-order chi connectivity index (χ1) is 12.1. The molecule has 2 aliphatic heterocycles. The molecule has 1 unspecified atom stereocenters. The highest BCUT2D eigenvalue weighted by Gasteiger charge is 2.45. The van der Waals surface area contributed by atoms with Crippen LogP contribution in [0.25, 0.3) is 11.4 Å². The SMILES string of the molecule is CC(C)NC(=O)N1[C@@H]2CC[C@H]1CC(c1nc(-c3cccnc3)no1)C2. The van der Waals surface area contributed by atoms with E-state index in [4.69, 9.17) is 4.52 Å². The topological polar surface area (TPSA) is 84.2 Å². The van der Waals surface area contributed by atoms with Gasteiger partial charge in [0.15, 0.2) is 0 Å². The van der Waals surface area contributed by atoms with Crippen LogP contribution in [0.15, 0.2) is 29.0 Å². The van der Waals surface area contributed by atoms with E-state index in [1.807, 2.05) is 30.9 Å². The molecule has 4 heterocycles. The molecule has 2 aromatic heterocycles. The van der Waals surface area contributed by atoms with Crippen LogP contribution in [0, 0.1) is 0 Å². The molecule has 2 aromatic rings. The van der Waals surface area contributed by atoms with Gasteiger partial charge >= 0.3 is 6.03 Å². The second-order valence-electron chi connectivity index (χ2n) is 7.26. The first-order valence-corrected chi connectivity index (χ1v) is 8.94. The fourth-order valence-electron chi connectivity index (χ4n) is 4.05. The lowest BCUT2D eigenvalue weighted by molar-refractivity contribution is 0.129. The van der Waals surface area contributed by atoms with Gasteiger partial charge in [0.25, 0.3) is 0 Å². The van der Waals surface area contributed by atoms with Gasteiger partial charge in [-0.3, -0.25) is 4.98 Å². The Hall–Kier alpha value is -2.44. The zero-order chi connectivity index (χ0) is 17.4. The number of urea groups is 1. The van der Waals surface area contributed by atoms with E-state index in [0.717, 1.165) is 31.2 Å². The molecular formula is C18H23N5O2. The normalized spacial score (nSPS) is 25.4. The molecule has 4 rings (SSSR count). The van der Waals surface area contributed by atoms with Crippen molar-refractivity contribution in [2.45, 2.75) is 63.6 Å². The van der Waals surface area contributed by atoms with Crippen LogP contribution >= 0.6 is 0 Å². The quantitative estimate of drug-likeness (QED) is 0.928. The van der Waals surface area contributed by atoms with Crippen molar-refractivity contribution in [3.05, 3.63) is 30.4 Å². The molecule has 0 spiro atoms. The smallest absolute Gasteiger partial charge is 0.318 e. The molecule has 2 bridgehead atoms. The van der Waals surface area contributed by atoms with Gasteiger partial charge in [0, 0.05) is 42.0 Å². The van der Waals surface area contributed by atoms with Crippen molar-refractivity contribution < 1.29 is 9.32 Å². The van der Waals surface area contributed by atoms with E-state index in [1.54, 1.807) is 12.4 Å². The second-order valence-corrected chi connectivity index (χ2v) is 7.26. The van der Waals surface area contributed by atoms with E-state index in [0.29, 0.717) is 11.7 Å². The average molecular weight is 341 g/mol. The first-order valence-electron chi connectivity index (χ1n) is 8.94. The first kappa shape index (κ1) is 16.1. The van der Waals surface area contributed by atoms with Crippen molar-refractivity contribution in [1.82, 2.24) is 25.3 Å². The number of fused-ring (bicyclic) bond motifs is 2. The summed E-state index contributed by atoms with van der Waals surface area (Å²) >= 11 is 0. The fraction of sp³-hybridized carbons (Fsp3) is 0.556. The number of amides is 2. The van der Waals surface area contributed by atoms with Crippen LogP contribution in [-0.4, -0.2) is 44.2 Å². The largest absolute Gasteiger partial charge is 0.339 e. The number of rotatable bonds is 3. The standard InChI is InChI=1S/C18H23N5O2/c1-11(2)20-18(24)23-14-5-6-15(23)9-13(8-14)17-21-16(22-25-17)12-4-3-7-19-10-12/h3-4,7,10-11,13-15H,5-6,8-9H2,1-2H3,(H,20,24)/t13?,14-,15+. The van der Waals surface area contributed by atoms with Crippen molar-refractivity contribution in [1.29, 1.82) is 0 Å². The lowest BCUT2D eigenvalue weighted by atomic mass is 9.91. The van der Waals surface area contributed by atoms with Gasteiger partial charge < -0.3 is 14.7 Å². The van der Waals surface area contributed by atoms with Crippen LogP contribution in [-0.2, 0) is 0 Å². The molecule has 0 aliphatic carbocycles. The van der Waals surface area contributed by atoms with E-state index < -0.39 is 0 Å². The minimum Gasteiger partial charge on any atom is -0.339 e. The molecule has 2 saturated heterocycles. The Morgan fingerprint density at radius 1 is 1.32 bits per heavy atom. The molecule has 2 aliphatic rings. The Kier molecular flexibility index (Phi) is 4.15. The highest BCUT2D eigenvalue weighted by molar-refractivity contribution is 5.75. The Morgan fingerprint density at radius 2 is 2.08 bits per heavy atom. The summed E-state index contributed by atoms with van der Waals surface area (Å²) in [5, 5.41) is 7.13. The maximum Gasteiger partial charge on any atom is 0.318 e. The van der Waals surface area contributed by atoms with Crippen LogP contribution < -0.4 is 5.32 Å². The van der Waals surface area contributed by atoms with Crippen molar-refractivity contribution >= 4 is 6.03 Å². The minimum atomic E-state index is 0.0579. The number of piperidine rings is 1. The minimum absolute atomic E-state index is 0.0579. The van der Waals surface area contributed by atoms with Gasteiger partial charge in [-0.05, 0) is 51.7 Å². The lowest BCUT2D eigenvalue weighted by Gasteiger charge is -2.38. The van der Waals surface area contributed by atoms with E-state index in [2.05, 4.69) is 20.4 Å². The fourth-order valence-corrected chi connectivity index (χ4v) is 4.05. The van der Waals surface area contributed by atoms with Crippen LogP contribution in [0.2, 0.25) is 0 Å². The van der Waals surface area contributed by atoms with E-state index in [-0.39, 0.29) is 30.1 Å². The Morgan fingerprint density at radius 3 is 2.72 bits per heavy atom. The summed E-state index contributed by atoms with van der Waals surface area (Å²) in [6, 6.07) is 4.51. The Labute approximate surface area is 146 Å². The molecule has 25 heavy (non-hydrogen) atoms. The third-order valence-corrected chi connectivity index (χ3v) is 5.09. The molecule has 7 heteroatoms. The number of pyridine rings is 1. The molecule has 132 valence electrons. The summed E-state index contributed by atoms with van der Waals surface area (Å²) < 4.78 is 5.54. The summed E-state index contributed by atoms with van der Waals surface area (Å²) in [6.45, 7) is 3.98. The number of hydrogen-bond donors (Lipinski definition) is 1. The van der Waals surface area contributed by atoms with Gasteiger partial charge in [0.05, 0.1) is 0 Å². The van der Waals surface area contributed by atoms with E-state index in [1.165, 1.54) is 0 Å². The molecule has 0 saturated carbocycles. The maximum atomic E-state index is 12.5. The number of nitrogens with zero attached hydrogens (tertiary/aromatic N) is 4. The lowest BCUT2D eigenvalue weighted by Crippen LogP contribution is -2.51. The number of nitrogens with one attached hydrogen (secondary N) is 1. The van der Waals surface area contributed by atoms with Crippen LogP contribution in [0.4, 0.5) is 4.79 Å². The van der Waals surface area contributed by atoms with Gasteiger partial charge in [0.2, 0.25) is 11.7 Å². The summed E-state index contributed by atoms with van der Waals surface area (Å²) in [6.07, 6.45) is 7.33. The molecule has 0 radical (unpaired) electrons. The molecular weight excluding hydrogens is 318 g/mol. The Bertz CT molecular complexity index is 731. The molecule has 7 nitrogen and oxygen atoms in total. The van der Waals surface area contributed by atoms with Gasteiger partial charge in [-0.15, -0.1) is 0 Å². The number of aromatic nitrogens is 3. The average Bonchev–Trinajstić information content (AvgIpc) is 3.18. The Balaban J connectivity index is 1.48. The van der Waals surface area contributed by atoms with Gasteiger partial charge in [0.1, 0.15) is 0 Å². The number of carbonyl (C=O) groups excluding carboxylic acids is 1. The highest BCUT2D eigenvalue weighted by atomic mass is 16.5. The molecule has 2 amide bonds. The third kappa shape index (κ3) is 3.10. The number of carbonyl (C=O) groups is 1. The van der Waals surface area contributed by atoms with Gasteiger partial charge in [-0.25, -0.2) is 4.79 Å². The van der Waals surface area contributed by atoms with Crippen molar-refractivity contribution in [2.24, 2.45) is 0 Å². The predicted molar refractivity (Wildman–Crippen MR) is 91.8 cm³/mol. The summed E-state index contributed by atoms with van der Waals surface area (Å²) in [4.78, 5) is 23.2. The van der Waals surface area contributed by atoms with E-state index in [9.17, 15) is 4.79 Å². The molecule has 0 aromatic carbocycles. The number of hydrogen-bond acceptors (Lipinski definition) is 5. The second kappa shape index (κ2) is 6.46.